The van der Waals surface area contributed by atoms with Gasteiger partial charge in [0.05, 0.1) is 6.42 Å². The summed E-state index contributed by atoms with van der Waals surface area (Å²) in [4.78, 5) is 15.0. The van der Waals surface area contributed by atoms with Gasteiger partial charge in [0.2, 0.25) is 0 Å². The van der Waals surface area contributed by atoms with E-state index in [0.29, 0.717) is 5.92 Å². The van der Waals surface area contributed by atoms with Crippen molar-refractivity contribution >= 4 is 11.6 Å². The van der Waals surface area contributed by atoms with Crippen LogP contribution >= 0.6 is 0 Å². The van der Waals surface area contributed by atoms with Crippen LogP contribution in [0.4, 0.5) is 0 Å². The summed E-state index contributed by atoms with van der Waals surface area (Å²) in [5.41, 5.74) is 1.53. The number of carbonyl (C=O) groups is 1. The molecule has 0 atom stereocenters. The molecule has 0 aromatic carbocycles. The molecule has 1 aliphatic carbocycles. The van der Waals surface area contributed by atoms with E-state index in [2.05, 4.69) is 10.1 Å². The Kier molecular flexibility index (Phi) is 1.92. The van der Waals surface area contributed by atoms with Crippen molar-refractivity contribution < 1.29 is 9.90 Å². The first kappa shape index (κ1) is 9.33. The zero-order chi connectivity index (χ0) is 11.1. The van der Waals surface area contributed by atoms with Gasteiger partial charge in [0.25, 0.3) is 0 Å². The second-order valence-corrected chi connectivity index (χ2v) is 4.15. The topological polar surface area (TPSA) is 67.5 Å². The Balaban J connectivity index is 1.99. The van der Waals surface area contributed by atoms with E-state index in [9.17, 15) is 4.79 Å². The summed E-state index contributed by atoms with van der Waals surface area (Å²) in [5, 5.41) is 13.1. The lowest BCUT2D eigenvalue weighted by atomic mass is 10.2. The van der Waals surface area contributed by atoms with E-state index < -0.39 is 5.97 Å². The third-order valence-corrected chi connectivity index (χ3v) is 2.71. The van der Waals surface area contributed by atoms with Crippen molar-refractivity contribution in [2.45, 2.75) is 25.2 Å². The zero-order valence-electron chi connectivity index (χ0n) is 8.63. The summed E-state index contributed by atoms with van der Waals surface area (Å²) >= 11 is 0. The van der Waals surface area contributed by atoms with Crippen LogP contribution in [0.2, 0.25) is 0 Å². The molecule has 0 amide bonds. The molecule has 0 radical (unpaired) electrons. The predicted octanol–water partition coefficient (Wildman–Crippen LogP) is 1.23. The number of carboxylic acids is 1. The summed E-state index contributed by atoms with van der Waals surface area (Å²) in [6.45, 7) is 0. The van der Waals surface area contributed by atoms with Gasteiger partial charge in [0, 0.05) is 12.1 Å². The molecule has 2 heterocycles. The summed E-state index contributed by atoms with van der Waals surface area (Å²) in [7, 11) is 0. The van der Waals surface area contributed by atoms with Gasteiger partial charge in [-0.2, -0.15) is 5.10 Å². The van der Waals surface area contributed by atoms with E-state index in [1.54, 1.807) is 16.8 Å². The van der Waals surface area contributed by atoms with Crippen LogP contribution in [0.1, 0.15) is 30.1 Å². The molecule has 2 aromatic heterocycles. The van der Waals surface area contributed by atoms with Crippen molar-refractivity contribution in [3.8, 4) is 0 Å². The largest absolute Gasteiger partial charge is 0.481 e. The first-order chi connectivity index (χ1) is 7.72. The van der Waals surface area contributed by atoms with Gasteiger partial charge in [0.15, 0.2) is 11.5 Å². The molecule has 82 valence electrons. The fourth-order valence-corrected chi connectivity index (χ4v) is 1.74. The van der Waals surface area contributed by atoms with Crippen molar-refractivity contribution in [2.24, 2.45) is 0 Å². The van der Waals surface area contributed by atoms with Crippen LogP contribution in [0, 0.1) is 0 Å². The molecule has 0 bridgehead atoms. The minimum Gasteiger partial charge on any atom is -0.481 e. The molecule has 0 aliphatic heterocycles. The summed E-state index contributed by atoms with van der Waals surface area (Å²) in [6, 6.07) is 3.60. The SMILES string of the molecule is O=C(O)Cc1ccc2nc(C3CC3)nn2c1. The lowest BCUT2D eigenvalue weighted by molar-refractivity contribution is -0.136. The zero-order valence-corrected chi connectivity index (χ0v) is 8.63. The monoisotopic (exact) mass is 217 g/mol. The van der Waals surface area contributed by atoms with Crippen LogP contribution in [0.5, 0.6) is 0 Å². The number of carboxylic acid groups (broad SMARTS) is 1. The van der Waals surface area contributed by atoms with E-state index >= 15 is 0 Å². The average Bonchev–Trinajstić information content (AvgIpc) is 2.98. The highest BCUT2D eigenvalue weighted by Gasteiger charge is 2.27. The highest BCUT2D eigenvalue weighted by molar-refractivity contribution is 5.70. The van der Waals surface area contributed by atoms with Crippen LogP contribution in [0.3, 0.4) is 0 Å². The standard InChI is InChI=1S/C11H11N3O2/c15-10(16)5-7-1-4-9-12-11(8-2-3-8)13-14(9)6-7/h1,4,6,8H,2-3,5H2,(H,15,16). The number of nitrogens with zero attached hydrogens (tertiary/aromatic N) is 3. The van der Waals surface area contributed by atoms with E-state index in [1.807, 2.05) is 6.07 Å². The van der Waals surface area contributed by atoms with Gasteiger partial charge in [-0.25, -0.2) is 9.50 Å². The van der Waals surface area contributed by atoms with Crippen LogP contribution in [0.15, 0.2) is 18.3 Å². The summed E-state index contributed by atoms with van der Waals surface area (Å²) < 4.78 is 1.67. The maximum absolute atomic E-state index is 10.6. The maximum atomic E-state index is 10.6. The number of aromatic nitrogens is 3. The molecule has 1 saturated carbocycles. The molecule has 1 N–H and O–H groups in total. The fourth-order valence-electron chi connectivity index (χ4n) is 1.74. The molecular weight excluding hydrogens is 206 g/mol. The molecule has 5 nitrogen and oxygen atoms in total. The number of hydrogen-bond donors (Lipinski definition) is 1. The Bertz CT molecular complexity index is 557. The third-order valence-electron chi connectivity index (χ3n) is 2.71. The summed E-state index contributed by atoms with van der Waals surface area (Å²) in [5.74, 6) is 0.567. The van der Waals surface area contributed by atoms with Crippen LogP contribution in [0.25, 0.3) is 5.65 Å². The first-order valence-corrected chi connectivity index (χ1v) is 5.29. The summed E-state index contributed by atoms with van der Waals surface area (Å²) in [6.07, 6.45) is 4.09. The molecule has 1 fully saturated rings. The average molecular weight is 217 g/mol. The predicted molar refractivity (Wildman–Crippen MR) is 56.3 cm³/mol. The van der Waals surface area contributed by atoms with Crippen LogP contribution < -0.4 is 0 Å². The quantitative estimate of drug-likeness (QED) is 0.839. The van der Waals surface area contributed by atoms with Crippen molar-refractivity contribution in [3.63, 3.8) is 0 Å². The molecule has 0 unspecified atom stereocenters. The third kappa shape index (κ3) is 1.64. The Morgan fingerprint density at radius 3 is 3.00 bits per heavy atom. The number of pyridine rings is 1. The molecule has 0 saturated heterocycles. The lowest BCUT2D eigenvalue weighted by Crippen LogP contribution is -2.01. The fraction of sp³-hybridized carbons (Fsp3) is 0.364. The number of rotatable bonds is 3. The number of hydrogen-bond acceptors (Lipinski definition) is 3. The van der Waals surface area contributed by atoms with Gasteiger partial charge in [0.1, 0.15) is 0 Å². The second-order valence-electron chi connectivity index (χ2n) is 4.15. The first-order valence-electron chi connectivity index (χ1n) is 5.29. The number of aliphatic carboxylic acids is 1. The smallest absolute Gasteiger partial charge is 0.307 e. The Morgan fingerprint density at radius 1 is 1.50 bits per heavy atom. The maximum Gasteiger partial charge on any atom is 0.307 e. The van der Waals surface area contributed by atoms with Gasteiger partial charge in [-0.1, -0.05) is 6.07 Å². The molecule has 0 spiro atoms. The van der Waals surface area contributed by atoms with Gasteiger partial charge >= 0.3 is 5.97 Å². The van der Waals surface area contributed by atoms with Crippen molar-refractivity contribution in [1.29, 1.82) is 0 Å². The normalized spacial score (nSPS) is 15.5. The van der Waals surface area contributed by atoms with Crippen molar-refractivity contribution in [1.82, 2.24) is 14.6 Å². The Hall–Kier alpha value is -1.91. The van der Waals surface area contributed by atoms with E-state index in [4.69, 9.17) is 5.11 Å². The lowest BCUT2D eigenvalue weighted by Gasteiger charge is -1.96. The van der Waals surface area contributed by atoms with E-state index in [1.165, 1.54) is 12.8 Å². The molecule has 5 heteroatoms. The van der Waals surface area contributed by atoms with E-state index in [-0.39, 0.29) is 6.42 Å². The highest BCUT2D eigenvalue weighted by Crippen LogP contribution is 2.38. The van der Waals surface area contributed by atoms with Crippen LogP contribution in [-0.2, 0) is 11.2 Å². The van der Waals surface area contributed by atoms with Gasteiger partial charge < -0.3 is 5.11 Å². The Labute approximate surface area is 91.7 Å². The van der Waals surface area contributed by atoms with Crippen molar-refractivity contribution in [3.05, 3.63) is 29.7 Å². The number of fused-ring (bicyclic) bond motifs is 1. The van der Waals surface area contributed by atoms with Crippen LogP contribution in [-0.4, -0.2) is 25.7 Å². The molecular formula is C11H11N3O2. The van der Waals surface area contributed by atoms with Gasteiger partial charge in [-0.05, 0) is 24.5 Å². The minimum absolute atomic E-state index is 0.0224. The minimum atomic E-state index is -0.832. The van der Waals surface area contributed by atoms with Gasteiger partial charge in [-0.3, -0.25) is 4.79 Å². The highest BCUT2D eigenvalue weighted by atomic mass is 16.4. The Morgan fingerprint density at radius 2 is 2.31 bits per heavy atom. The molecule has 3 rings (SSSR count). The van der Waals surface area contributed by atoms with Gasteiger partial charge in [-0.15, -0.1) is 0 Å². The molecule has 16 heavy (non-hydrogen) atoms. The van der Waals surface area contributed by atoms with E-state index in [0.717, 1.165) is 17.0 Å². The second kappa shape index (κ2) is 3.30. The molecule has 1 aliphatic rings. The molecule has 2 aromatic rings. The van der Waals surface area contributed by atoms with Crippen molar-refractivity contribution in [2.75, 3.05) is 0 Å².